The van der Waals surface area contributed by atoms with Crippen LogP contribution in [0.5, 0.6) is 0 Å². The van der Waals surface area contributed by atoms with Gasteiger partial charge in [0.15, 0.2) is 5.01 Å². The monoisotopic (exact) mass is 407 g/mol. The molecule has 0 spiro atoms. The van der Waals surface area contributed by atoms with Crippen molar-refractivity contribution in [1.82, 2.24) is 20.1 Å². The molecule has 4 rings (SSSR count). The van der Waals surface area contributed by atoms with E-state index in [4.69, 9.17) is 0 Å². The first-order chi connectivity index (χ1) is 14.2. The van der Waals surface area contributed by atoms with Crippen LogP contribution >= 0.6 is 11.3 Å². The van der Waals surface area contributed by atoms with Crippen molar-refractivity contribution in [2.45, 2.75) is 19.3 Å². The number of hydrogen-bond acceptors (Lipinski definition) is 6. The molecule has 8 heteroatoms. The van der Waals surface area contributed by atoms with Crippen LogP contribution in [0, 0.1) is 5.92 Å². The lowest BCUT2D eigenvalue weighted by Crippen LogP contribution is -2.44. The minimum absolute atomic E-state index is 0.0575. The summed E-state index contributed by atoms with van der Waals surface area (Å²) < 4.78 is 0. The zero-order chi connectivity index (χ0) is 20.1. The molecule has 2 amide bonds. The molecule has 0 aliphatic carbocycles. The molecule has 1 aliphatic rings. The van der Waals surface area contributed by atoms with E-state index in [1.165, 1.54) is 11.3 Å². The highest BCUT2D eigenvalue weighted by atomic mass is 32.1. The van der Waals surface area contributed by atoms with Crippen molar-refractivity contribution in [2.24, 2.45) is 5.92 Å². The fourth-order valence-corrected chi connectivity index (χ4v) is 4.10. The normalized spacial score (nSPS) is 16.4. The maximum atomic E-state index is 12.7. The van der Waals surface area contributed by atoms with Crippen LogP contribution in [0.1, 0.15) is 18.4 Å². The summed E-state index contributed by atoms with van der Waals surface area (Å²) in [5.74, 6) is -0.307. The van der Waals surface area contributed by atoms with E-state index in [-0.39, 0.29) is 17.7 Å². The van der Waals surface area contributed by atoms with Crippen LogP contribution < -0.4 is 5.32 Å². The highest BCUT2D eigenvalue weighted by molar-refractivity contribution is 7.18. The Balaban J connectivity index is 1.35. The van der Waals surface area contributed by atoms with Gasteiger partial charge in [-0.25, -0.2) is 0 Å². The molecule has 2 aromatic heterocycles. The number of nitrogens with zero attached hydrogens (tertiary/aromatic N) is 4. The molecular weight excluding hydrogens is 386 g/mol. The number of benzene rings is 1. The number of aromatic nitrogens is 3. The molecule has 1 atom stereocenters. The van der Waals surface area contributed by atoms with Crippen molar-refractivity contribution in [3.05, 3.63) is 60.3 Å². The Morgan fingerprint density at radius 3 is 2.72 bits per heavy atom. The molecule has 1 N–H and O–H groups in total. The minimum Gasteiger partial charge on any atom is -0.342 e. The average Bonchev–Trinajstić information content (AvgIpc) is 3.23. The van der Waals surface area contributed by atoms with Gasteiger partial charge in [-0.1, -0.05) is 47.7 Å². The number of carbonyl (C=O) groups is 2. The van der Waals surface area contributed by atoms with Gasteiger partial charge in [0.25, 0.3) is 0 Å². The predicted molar refractivity (Wildman–Crippen MR) is 111 cm³/mol. The fraction of sp³-hybridized carbons (Fsp3) is 0.286. The third-order valence-corrected chi connectivity index (χ3v) is 5.74. The lowest BCUT2D eigenvalue weighted by molar-refractivity contribution is -0.133. The Kier molecular flexibility index (Phi) is 5.90. The molecule has 0 radical (unpaired) electrons. The summed E-state index contributed by atoms with van der Waals surface area (Å²) >= 11 is 1.29. The molecule has 148 valence electrons. The molecule has 29 heavy (non-hydrogen) atoms. The molecule has 7 nitrogen and oxygen atoms in total. The molecule has 0 bridgehead atoms. The van der Waals surface area contributed by atoms with Crippen LogP contribution in [-0.2, 0) is 16.0 Å². The molecule has 1 fully saturated rings. The van der Waals surface area contributed by atoms with Gasteiger partial charge in [0.05, 0.1) is 12.3 Å². The third kappa shape index (κ3) is 4.83. The SMILES string of the molecule is O=C(Nc1nnc(-c2ccccn2)s1)C1CCCN(C(=O)Cc2ccccc2)C1. The van der Waals surface area contributed by atoms with E-state index in [1.54, 1.807) is 11.1 Å². The van der Waals surface area contributed by atoms with E-state index in [0.29, 0.717) is 29.6 Å². The summed E-state index contributed by atoms with van der Waals surface area (Å²) in [6, 6.07) is 15.2. The van der Waals surface area contributed by atoms with Crippen molar-refractivity contribution >= 4 is 28.3 Å². The van der Waals surface area contributed by atoms with Crippen LogP contribution in [0.4, 0.5) is 5.13 Å². The highest BCUT2D eigenvalue weighted by Crippen LogP contribution is 2.26. The number of anilines is 1. The Morgan fingerprint density at radius 1 is 1.10 bits per heavy atom. The largest absolute Gasteiger partial charge is 0.342 e. The fourth-order valence-electron chi connectivity index (χ4n) is 3.37. The number of piperidine rings is 1. The molecule has 1 saturated heterocycles. The molecule has 3 aromatic rings. The summed E-state index contributed by atoms with van der Waals surface area (Å²) in [7, 11) is 0. The van der Waals surface area contributed by atoms with E-state index in [1.807, 2.05) is 48.5 Å². The number of nitrogens with one attached hydrogen (secondary N) is 1. The summed E-state index contributed by atoms with van der Waals surface area (Å²) in [6.07, 6.45) is 3.62. The van der Waals surface area contributed by atoms with Crippen LogP contribution in [0.3, 0.4) is 0 Å². The van der Waals surface area contributed by atoms with Crippen LogP contribution in [0.25, 0.3) is 10.7 Å². The third-order valence-electron chi connectivity index (χ3n) is 4.88. The first kappa shape index (κ1) is 19.2. The number of carbonyl (C=O) groups excluding carboxylic acids is 2. The van der Waals surface area contributed by atoms with Crippen LogP contribution in [0.2, 0.25) is 0 Å². The van der Waals surface area contributed by atoms with Gasteiger partial charge in [0.1, 0.15) is 5.69 Å². The molecule has 0 saturated carbocycles. The highest BCUT2D eigenvalue weighted by Gasteiger charge is 2.29. The number of rotatable bonds is 5. The molecule has 1 aromatic carbocycles. The van der Waals surface area contributed by atoms with Crippen molar-refractivity contribution in [3.8, 4) is 10.7 Å². The Morgan fingerprint density at radius 2 is 1.93 bits per heavy atom. The van der Waals surface area contributed by atoms with Crippen molar-refractivity contribution < 1.29 is 9.59 Å². The Labute approximate surface area is 172 Å². The summed E-state index contributed by atoms with van der Waals surface area (Å²) in [5, 5.41) is 12.1. The topological polar surface area (TPSA) is 88.1 Å². The number of amides is 2. The maximum Gasteiger partial charge on any atom is 0.231 e. The van der Waals surface area contributed by atoms with Gasteiger partial charge in [0, 0.05) is 19.3 Å². The maximum absolute atomic E-state index is 12.7. The smallest absolute Gasteiger partial charge is 0.231 e. The number of likely N-dealkylation sites (tertiary alicyclic amines) is 1. The van der Waals surface area contributed by atoms with Crippen molar-refractivity contribution in [3.63, 3.8) is 0 Å². The first-order valence-electron chi connectivity index (χ1n) is 9.56. The second-order valence-corrected chi connectivity index (χ2v) is 7.94. The second kappa shape index (κ2) is 8.91. The van der Waals surface area contributed by atoms with E-state index in [2.05, 4.69) is 20.5 Å². The van der Waals surface area contributed by atoms with E-state index in [9.17, 15) is 9.59 Å². The minimum atomic E-state index is -0.245. The number of pyridine rings is 1. The predicted octanol–water partition coefficient (Wildman–Crippen LogP) is 3.02. The van der Waals surface area contributed by atoms with Crippen LogP contribution in [0.15, 0.2) is 54.7 Å². The van der Waals surface area contributed by atoms with Gasteiger partial charge in [0.2, 0.25) is 16.9 Å². The lowest BCUT2D eigenvalue weighted by atomic mass is 9.96. The van der Waals surface area contributed by atoms with E-state index >= 15 is 0 Å². The van der Waals surface area contributed by atoms with Gasteiger partial charge in [-0.05, 0) is 30.5 Å². The van der Waals surface area contributed by atoms with Gasteiger partial charge in [-0.3, -0.25) is 14.6 Å². The summed E-state index contributed by atoms with van der Waals surface area (Å²) in [4.78, 5) is 31.4. The van der Waals surface area contributed by atoms with E-state index in [0.717, 1.165) is 24.1 Å². The molecular formula is C21H21N5O2S. The van der Waals surface area contributed by atoms with Gasteiger partial charge in [-0.15, -0.1) is 10.2 Å². The van der Waals surface area contributed by atoms with Gasteiger partial charge >= 0.3 is 0 Å². The van der Waals surface area contributed by atoms with Crippen LogP contribution in [-0.4, -0.2) is 45.0 Å². The zero-order valence-electron chi connectivity index (χ0n) is 15.8. The standard InChI is InChI=1S/C21H21N5O2S/c27-18(13-15-7-2-1-3-8-15)26-12-6-9-16(14-26)19(28)23-21-25-24-20(29-21)17-10-4-5-11-22-17/h1-5,7-8,10-11,16H,6,9,12-14H2,(H,23,25,28). The van der Waals surface area contributed by atoms with E-state index < -0.39 is 0 Å². The Bertz CT molecular complexity index is 977. The zero-order valence-corrected chi connectivity index (χ0v) is 16.6. The van der Waals surface area contributed by atoms with Crippen molar-refractivity contribution in [1.29, 1.82) is 0 Å². The summed E-state index contributed by atoms with van der Waals surface area (Å²) in [5.41, 5.74) is 1.71. The summed E-state index contributed by atoms with van der Waals surface area (Å²) in [6.45, 7) is 1.13. The lowest BCUT2D eigenvalue weighted by Gasteiger charge is -2.32. The molecule has 1 unspecified atom stereocenters. The Hall–Kier alpha value is -3.13. The quantitative estimate of drug-likeness (QED) is 0.702. The number of hydrogen-bond donors (Lipinski definition) is 1. The van der Waals surface area contributed by atoms with Crippen molar-refractivity contribution in [2.75, 3.05) is 18.4 Å². The van der Waals surface area contributed by atoms with Gasteiger partial charge < -0.3 is 10.2 Å². The first-order valence-corrected chi connectivity index (χ1v) is 10.4. The molecule has 3 heterocycles. The molecule has 1 aliphatic heterocycles. The average molecular weight is 407 g/mol. The second-order valence-electron chi connectivity index (χ2n) is 6.96. The van der Waals surface area contributed by atoms with Gasteiger partial charge in [-0.2, -0.15) is 0 Å².